The van der Waals surface area contributed by atoms with Crippen molar-refractivity contribution in [3.05, 3.63) is 35.4 Å². The Kier molecular flexibility index (Phi) is 3.52. The van der Waals surface area contributed by atoms with Crippen LogP contribution in [0.5, 0.6) is 0 Å². The molecule has 2 N–H and O–H groups in total. The number of methoxy groups -OCH3 is 1. The number of hydrogen-bond donors (Lipinski definition) is 1. The van der Waals surface area contributed by atoms with E-state index < -0.39 is 17.4 Å². The molecule has 0 aliphatic heterocycles. The largest absolute Gasteiger partial charge is 0.467 e. The van der Waals surface area contributed by atoms with Gasteiger partial charge in [-0.05, 0) is 12.5 Å². The van der Waals surface area contributed by atoms with Crippen molar-refractivity contribution in [1.82, 2.24) is 0 Å². The van der Waals surface area contributed by atoms with E-state index in [1.165, 1.54) is 12.1 Å². The van der Waals surface area contributed by atoms with Crippen molar-refractivity contribution >= 4 is 5.97 Å². The first kappa shape index (κ1) is 13.6. The summed E-state index contributed by atoms with van der Waals surface area (Å²) in [5.41, 5.74) is 3.91. The molecule has 3 nitrogen and oxygen atoms in total. The zero-order valence-electron chi connectivity index (χ0n) is 9.96. The van der Waals surface area contributed by atoms with Gasteiger partial charge in [0.15, 0.2) is 0 Å². The van der Waals surface area contributed by atoms with Crippen LogP contribution in [0.1, 0.15) is 18.1 Å². The third-order valence-electron chi connectivity index (χ3n) is 2.67. The van der Waals surface area contributed by atoms with Gasteiger partial charge in [-0.3, -0.25) is 0 Å². The first-order valence-corrected chi connectivity index (χ1v) is 5.05. The molecule has 0 aliphatic rings. The first-order chi connectivity index (χ1) is 7.73. The minimum absolute atomic E-state index is 0.0388. The fourth-order valence-electron chi connectivity index (χ4n) is 1.60. The average molecular weight is 243 g/mol. The number of alkyl halides is 2. The molecular weight excluding hydrogens is 228 g/mol. The number of halogens is 2. The van der Waals surface area contributed by atoms with Gasteiger partial charge in [0.05, 0.1) is 7.11 Å². The molecule has 0 saturated heterocycles. The second-order valence-electron chi connectivity index (χ2n) is 4.06. The highest BCUT2D eigenvalue weighted by atomic mass is 19.3. The maximum Gasteiger partial charge on any atom is 0.336 e. The minimum Gasteiger partial charge on any atom is -0.467 e. The molecule has 0 spiro atoms. The van der Waals surface area contributed by atoms with Crippen LogP contribution in [0, 0.1) is 6.92 Å². The summed E-state index contributed by atoms with van der Waals surface area (Å²) < 4.78 is 31.6. The smallest absolute Gasteiger partial charge is 0.336 e. The fourth-order valence-corrected chi connectivity index (χ4v) is 1.60. The molecule has 5 heteroatoms. The predicted octanol–water partition coefficient (Wildman–Crippen LogP) is 1.98. The summed E-state index contributed by atoms with van der Waals surface area (Å²) in [5, 5.41) is 0. The third-order valence-corrected chi connectivity index (χ3v) is 2.67. The molecular formula is C12H15F2NO2. The summed E-state index contributed by atoms with van der Waals surface area (Å²) >= 11 is 0. The van der Waals surface area contributed by atoms with E-state index in [-0.39, 0.29) is 5.56 Å². The van der Waals surface area contributed by atoms with Crippen LogP contribution >= 0.6 is 0 Å². The lowest BCUT2D eigenvalue weighted by molar-refractivity contribution is -0.164. The molecule has 94 valence electrons. The molecule has 1 rings (SSSR count). The van der Waals surface area contributed by atoms with Gasteiger partial charge in [-0.25, -0.2) is 13.6 Å². The Balaban J connectivity index is 3.40. The van der Waals surface area contributed by atoms with Crippen LogP contribution in [0.2, 0.25) is 0 Å². The third kappa shape index (κ3) is 2.29. The highest BCUT2D eigenvalue weighted by molar-refractivity contribution is 5.83. The van der Waals surface area contributed by atoms with Crippen molar-refractivity contribution in [2.24, 2.45) is 5.73 Å². The summed E-state index contributed by atoms with van der Waals surface area (Å²) in [6.45, 7) is 2.33. The standard InChI is InChI=1S/C12H15F2NO2/c1-8-5-4-6-9(7-8)12(15,10(16)17-3)11(2,13)14/h4-7H,15H2,1-3H3. The van der Waals surface area contributed by atoms with E-state index in [1.807, 2.05) is 0 Å². The van der Waals surface area contributed by atoms with Crippen molar-refractivity contribution in [2.45, 2.75) is 25.3 Å². The van der Waals surface area contributed by atoms with Crippen LogP contribution < -0.4 is 5.73 Å². The maximum atomic E-state index is 13.6. The van der Waals surface area contributed by atoms with Crippen LogP contribution in [-0.4, -0.2) is 19.0 Å². The van der Waals surface area contributed by atoms with Crippen LogP contribution in [0.15, 0.2) is 24.3 Å². The van der Waals surface area contributed by atoms with Gasteiger partial charge in [-0.2, -0.15) is 0 Å². The van der Waals surface area contributed by atoms with E-state index >= 15 is 0 Å². The normalized spacial score (nSPS) is 15.2. The Labute approximate surface area is 98.6 Å². The molecule has 1 aromatic rings. The van der Waals surface area contributed by atoms with Crippen molar-refractivity contribution in [1.29, 1.82) is 0 Å². The number of esters is 1. The molecule has 0 saturated carbocycles. The molecule has 0 bridgehead atoms. The molecule has 1 unspecified atom stereocenters. The van der Waals surface area contributed by atoms with Crippen molar-refractivity contribution in [3.63, 3.8) is 0 Å². The number of carbonyl (C=O) groups is 1. The van der Waals surface area contributed by atoms with Gasteiger partial charge in [0.1, 0.15) is 0 Å². The van der Waals surface area contributed by atoms with Gasteiger partial charge in [0, 0.05) is 6.92 Å². The molecule has 1 atom stereocenters. The zero-order valence-corrected chi connectivity index (χ0v) is 9.96. The van der Waals surface area contributed by atoms with Crippen molar-refractivity contribution in [3.8, 4) is 0 Å². The van der Waals surface area contributed by atoms with Gasteiger partial charge < -0.3 is 10.5 Å². The second-order valence-corrected chi connectivity index (χ2v) is 4.06. The number of benzene rings is 1. The van der Waals surface area contributed by atoms with E-state index in [2.05, 4.69) is 4.74 Å². The Morgan fingerprint density at radius 1 is 1.41 bits per heavy atom. The van der Waals surface area contributed by atoms with Crippen LogP contribution in [-0.2, 0) is 15.1 Å². The van der Waals surface area contributed by atoms with Gasteiger partial charge in [0.25, 0.3) is 5.92 Å². The predicted molar refractivity (Wildman–Crippen MR) is 59.7 cm³/mol. The molecule has 0 aromatic heterocycles. The van der Waals surface area contributed by atoms with Gasteiger partial charge in [-0.15, -0.1) is 0 Å². The molecule has 17 heavy (non-hydrogen) atoms. The Morgan fingerprint density at radius 2 is 2.00 bits per heavy atom. The van der Waals surface area contributed by atoms with Crippen molar-refractivity contribution < 1.29 is 18.3 Å². The summed E-state index contributed by atoms with van der Waals surface area (Å²) in [6, 6.07) is 6.14. The number of hydrogen-bond acceptors (Lipinski definition) is 3. The molecule has 0 fully saturated rings. The van der Waals surface area contributed by atoms with Crippen LogP contribution in [0.3, 0.4) is 0 Å². The van der Waals surface area contributed by atoms with E-state index in [0.717, 1.165) is 12.7 Å². The summed E-state index contributed by atoms with van der Waals surface area (Å²) in [6.07, 6.45) is 0. The lowest BCUT2D eigenvalue weighted by Gasteiger charge is -2.32. The van der Waals surface area contributed by atoms with Gasteiger partial charge in [0.2, 0.25) is 5.54 Å². The highest BCUT2D eigenvalue weighted by Gasteiger charge is 2.55. The Bertz CT molecular complexity index is 429. The number of rotatable bonds is 3. The lowest BCUT2D eigenvalue weighted by Crippen LogP contribution is -2.57. The highest BCUT2D eigenvalue weighted by Crippen LogP contribution is 2.36. The Morgan fingerprint density at radius 3 is 2.41 bits per heavy atom. The van der Waals surface area contributed by atoms with Crippen LogP contribution in [0.4, 0.5) is 8.78 Å². The van der Waals surface area contributed by atoms with Gasteiger partial charge in [-0.1, -0.05) is 29.8 Å². The topological polar surface area (TPSA) is 52.3 Å². The molecule has 1 aromatic carbocycles. The Hall–Kier alpha value is -1.49. The number of ether oxygens (including phenoxy) is 1. The van der Waals surface area contributed by atoms with Gasteiger partial charge >= 0.3 is 5.97 Å². The molecule has 0 heterocycles. The summed E-state index contributed by atoms with van der Waals surface area (Å²) in [4.78, 5) is 11.6. The van der Waals surface area contributed by atoms with E-state index in [9.17, 15) is 13.6 Å². The zero-order chi connectivity index (χ0) is 13.3. The monoisotopic (exact) mass is 243 g/mol. The maximum absolute atomic E-state index is 13.6. The summed E-state index contributed by atoms with van der Waals surface area (Å²) in [5.74, 6) is -4.58. The van der Waals surface area contributed by atoms with E-state index in [1.54, 1.807) is 19.1 Å². The lowest BCUT2D eigenvalue weighted by atomic mass is 9.84. The molecule has 0 amide bonds. The quantitative estimate of drug-likeness (QED) is 0.826. The SMILES string of the molecule is COC(=O)C(N)(c1cccc(C)c1)C(C)(F)F. The van der Waals surface area contributed by atoms with Crippen LogP contribution in [0.25, 0.3) is 0 Å². The first-order valence-electron chi connectivity index (χ1n) is 5.05. The molecule has 0 radical (unpaired) electrons. The average Bonchev–Trinajstić information content (AvgIpc) is 2.25. The fraction of sp³-hybridized carbons (Fsp3) is 0.417. The van der Waals surface area contributed by atoms with E-state index in [0.29, 0.717) is 6.92 Å². The number of aryl methyl sites for hydroxylation is 1. The minimum atomic E-state index is -3.42. The molecule has 0 aliphatic carbocycles. The summed E-state index contributed by atoms with van der Waals surface area (Å²) in [7, 11) is 1.03. The number of carbonyl (C=O) groups excluding carboxylic acids is 1. The number of nitrogens with two attached hydrogens (primary N) is 1. The van der Waals surface area contributed by atoms with E-state index in [4.69, 9.17) is 5.73 Å². The second kappa shape index (κ2) is 4.41. The van der Waals surface area contributed by atoms with Crippen molar-refractivity contribution in [2.75, 3.05) is 7.11 Å².